The van der Waals surface area contributed by atoms with E-state index in [1.807, 2.05) is 48.9 Å². The number of rotatable bonds is 15. The molecule has 2 aromatic carbocycles. The molecule has 12 heteroatoms. The molecule has 2 amide bonds. The van der Waals surface area contributed by atoms with Crippen molar-refractivity contribution in [3.05, 3.63) is 70.4 Å². The van der Waals surface area contributed by atoms with Crippen molar-refractivity contribution in [3.63, 3.8) is 0 Å². The van der Waals surface area contributed by atoms with E-state index < -0.39 is 16.1 Å². The number of anilines is 1. The molecular formula is C30H40N4O6S2. The highest BCUT2D eigenvalue weighted by Crippen LogP contribution is 2.33. The van der Waals surface area contributed by atoms with Gasteiger partial charge < -0.3 is 30.5 Å². The highest BCUT2D eigenvalue weighted by atomic mass is 32.2. The van der Waals surface area contributed by atoms with Gasteiger partial charge in [0, 0.05) is 37.9 Å². The van der Waals surface area contributed by atoms with Crippen molar-refractivity contribution < 1.29 is 27.8 Å². The number of nitrogens with two attached hydrogens (primary N) is 1. The van der Waals surface area contributed by atoms with Gasteiger partial charge in [-0.1, -0.05) is 26.3 Å². The van der Waals surface area contributed by atoms with Gasteiger partial charge in [0.25, 0.3) is 0 Å². The quantitative estimate of drug-likeness (QED) is 0.167. The summed E-state index contributed by atoms with van der Waals surface area (Å²) in [5.74, 6) is 1.44. The Morgan fingerprint density at radius 1 is 1.05 bits per heavy atom. The lowest BCUT2D eigenvalue weighted by Crippen LogP contribution is -2.44. The fraction of sp³-hybridized carbons (Fsp3) is 0.433. The molecule has 0 radical (unpaired) electrons. The summed E-state index contributed by atoms with van der Waals surface area (Å²) in [6.07, 6.45) is 1.73. The number of unbranched alkanes of at least 4 members (excludes halogenated alkanes) is 1. The first kappa shape index (κ1) is 31.6. The lowest BCUT2D eigenvalue weighted by Gasteiger charge is -2.31. The lowest BCUT2D eigenvalue weighted by atomic mass is 10.1. The van der Waals surface area contributed by atoms with Crippen LogP contribution < -0.4 is 20.5 Å². The average Bonchev–Trinajstić information content (AvgIpc) is 3.65. The largest absolute Gasteiger partial charge is 0.454 e. The van der Waals surface area contributed by atoms with Gasteiger partial charge in [-0.25, -0.2) is 13.2 Å². The van der Waals surface area contributed by atoms with E-state index in [0.29, 0.717) is 56.1 Å². The number of aliphatic hydroxyl groups excluding tert-OH is 1. The third kappa shape index (κ3) is 8.37. The lowest BCUT2D eigenvalue weighted by molar-refractivity contribution is 0.167. The number of nitrogen functional groups attached to an aromatic ring is 1. The molecule has 0 spiro atoms. The van der Waals surface area contributed by atoms with Crippen LogP contribution >= 0.6 is 11.3 Å². The summed E-state index contributed by atoms with van der Waals surface area (Å²) in [6, 6.07) is 13.0. The Labute approximate surface area is 252 Å². The van der Waals surface area contributed by atoms with Gasteiger partial charge in [-0.15, -0.1) is 0 Å². The second-order valence-electron chi connectivity index (χ2n) is 10.8. The smallest absolute Gasteiger partial charge is 0.318 e. The Balaban J connectivity index is 1.33. The first-order chi connectivity index (χ1) is 20.2. The van der Waals surface area contributed by atoms with Gasteiger partial charge in [0.1, 0.15) is 0 Å². The summed E-state index contributed by atoms with van der Waals surface area (Å²) in [5.41, 5.74) is 8.21. The van der Waals surface area contributed by atoms with Crippen molar-refractivity contribution >= 4 is 33.1 Å². The number of carbonyl (C=O) groups is 1. The second kappa shape index (κ2) is 14.7. The standard InChI is InChI=1S/C30H40N4O6S2/c1-22(2)16-34(42(37,38)27-9-7-25(31)8-10-27)26(19-35)5-3-4-13-32-30(36)33(18-24-12-14-41-20-24)17-23-6-11-28-29(15-23)40-21-39-28/h6-12,14-15,20,22,26,35H,3-5,13,16-19,21,31H2,1-2H3,(H,32,36)/t26-/m0/s1. The van der Waals surface area contributed by atoms with Gasteiger partial charge in [-0.2, -0.15) is 15.6 Å². The van der Waals surface area contributed by atoms with Crippen molar-refractivity contribution in [2.24, 2.45) is 5.92 Å². The molecule has 1 aromatic heterocycles. The van der Waals surface area contributed by atoms with Gasteiger partial charge in [-0.3, -0.25) is 0 Å². The van der Waals surface area contributed by atoms with E-state index >= 15 is 0 Å². The van der Waals surface area contributed by atoms with Crippen molar-refractivity contribution in [2.75, 3.05) is 32.2 Å². The summed E-state index contributed by atoms with van der Waals surface area (Å²) >= 11 is 1.58. The molecule has 4 N–H and O–H groups in total. The summed E-state index contributed by atoms with van der Waals surface area (Å²) < 4.78 is 39.2. The maximum absolute atomic E-state index is 13.5. The van der Waals surface area contributed by atoms with Crippen LogP contribution in [0.5, 0.6) is 11.5 Å². The predicted molar refractivity (Wildman–Crippen MR) is 164 cm³/mol. The summed E-state index contributed by atoms with van der Waals surface area (Å²) in [5, 5.41) is 17.2. The van der Waals surface area contributed by atoms with Gasteiger partial charge >= 0.3 is 6.03 Å². The van der Waals surface area contributed by atoms with Crippen LogP contribution in [0.2, 0.25) is 0 Å². The molecule has 1 atom stereocenters. The van der Waals surface area contributed by atoms with Gasteiger partial charge in [0.05, 0.1) is 11.5 Å². The highest BCUT2D eigenvalue weighted by molar-refractivity contribution is 7.89. The van der Waals surface area contributed by atoms with E-state index in [-0.39, 0.29) is 36.8 Å². The fourth-order valence-electron chi connectivity index (χ4n) is 4.78. The molecule has 4 rings (SSSR count). The molecule has 0 bridgehead atoms. The normalized spacial score (nSPS) is 13.5. The maximum Gasteiger partial charge on any atom is 0.318 e. The molecule has 0 aliphatic carbocycles. The first-order valence-corrected chi connectivity index (χ1v) is 16.5. The van der Waals surface area contributed by atoms with Gasteiger partial charge in [-0.05, 0) is 83.1 Å². The number of carbonyl (C=O) groups excluding carboxylic acids is 1. The number of hydrogen-bond donors (Lipinski definition) is 3. The maximum atomic E-state index is 13.5. The molecule has 10 nitrogen and oxygen atoms in total. The molecule has 3 aromatic rings. The minimum absolute atomic E-state index is 0.0702. The number of nitrogens with one attached hydrogen (secondary N) is 1. The number of sulfonamides is 1. The van der Waals surface area contributed by atoms with Crippen molar-refractivity contribution in [1.29, 1.82) is 0 Å². The van der Waals surface area contributed by atoms with Crippen molar-refractivity contribution in [1.82, 2.24) is 14.5 Å². The average molecular weight is 617 g/mol. The molecule has 0 unspecified atom stereocenters. The van der Waals surface area contributed by atoms with E-state index in [9.17, 15) is 18.3 Å². The number of amides is 2. The molecule has 228 valence electrons. The summed E-state index contributed by atoms with van der Waals surface area (Å²) in [4.78, 5) is 15.1. The van der Waals surface area contributed by atoms with Crippen LogP contribution in [0.4, 0.5) is 10.5 Å². The monoisotopic (exact) mass is 616 g/mol. The summed E-state index contributed by atoms with van der Waals surface area (Å²) in [6.45, 7) is 5.36. The molecule has 2 heterocycles. The number of benzene rings is 2. The number of nitrogens with zero attached hydrogens (tertiary/aromatic N) is 2. The van der Waals surface area contributed by atoms with Crippen LogP contribution in [0.1, 0.15) is 44.2 Å². The van der Waals surface area contributed by atoms with Crippen molar-refractivity contribution in [3.8, 4) is 11.5 Å². The van der Waals surface area contributed by atoms with E-state index in [2.05, 4.69) is 5.32 Å². The fourth-order valence-corrected chi connectivity index (χ4v) is 7.25. The molecule has 1 aliphatic heterocycles. The number of fused-ring (bicyclic) bond motifs is 1. The zero-order chi connectivity index (χ0) is 30.1. The minimum Gasteiger partial charge on any atom is -0.454 e. The Morgan fingerprint density at radius 3 is 2.48 bits per heavy atom. The van der Waals surface area contributed by atoms with Crippen molar-refractivity contribution in [2.45, 2.75) is 57.1 Å². The minimum atomic E-state index is -3.82. The van der Waals surface area contributed by atoms with Gasteiger partial charge in [0.2, 0.25) is 16.8 Å². The third-order valence-electron chi connectivity index (χ3n) is 6.94. The van der Waals surface area contributed by atoms with Crippen LogP contribution in [0.15, 0.2) is 64.2 Å². The number of thiophene rings is 1. The number of urea groups is 1. The van der Waals surface area contributed by atoms with E-state index in [1.165, 1.54) is 16.4 Å². The van der Waals surface area contributed by atoms with Crippen LogP contribution in [-0.2, 0) is 23.1 Å². The first-order valence-electron chi connectivity index (χ1n) is 14.1. The van der Waals surface area contributed by atoms with Crippen LogP contribution in [0.3, 0.4) is 0 Å². The molecule has 0 fully saturated rings. The van der Waals surface area contributed by atoms with E-state index in [1.54, 1.807) is 28.4 Å². The highest BCUT2D eigenvalue weighted by Gasteiger charge is 2.31. The summed E-state index contributed by atoms with van der Waals surface area (Å²) in [7, 11) is -3.82. The molecule has 42 heavy (non-hydrogen) atoms. The number of aliphatic hydroxyl groups is 1. The Kier molecular flexibility index (Phi) is 11.1. The Bertz CT molecular complexity index is 1400. The Morgan fingerprint density at radius 2 is 1.79 bits per heavy atom. The third-order valence-corrected chi connectivity index (χ3v) is 9.61. The number of hydrogen-bond acceptors (Lipinski definition) is 8. The number of ether oxygens (including phenoxy) is 2. The van der Waals surface area contributed by atoms with Gasteiger partial charge in [0.15, 0.2) is 11.5 Å². The topological polar surface area (TPSA) is 134 Å². The molecule has 0 saturated heterocycles. The van der Waals surface area contributed by atoms with Crippen LogP contribution in [0, 0.1) is 5.92 Å². The van der Waals surface area contributed by atoms with Crippen LogP contribution in [0.25, 0.3) is 0 Å². The Hall–Kier alpha value is -3.32. The zero-order valence-corrected chi connectivity index (χ0v) is 25.7. The molecule has 0 saturated carbocycles. The molecule has 1 aliphatic rings. The second-order valence-corrected chi connectivity index (χ2v) is 13.4. The predicted octanol–water partition coefficient (Wildman–Crippen LogP) is 4.65. The molecular weight excluding hydrogens is 576 g/mol. The SMILES string of the molecule is CC(C)CN([C@H](CO)CCCCNC(=O)N(Cc1ccsc1)Cc1ccc2c(c1)OCO2)S(=O)(=O)c1ccc(N)cc1. The zero-order valence-electron chi connectivity index (χ0n) is 24.1. The van der Waals surface area contributed by atoms with E-state index in [0.717, 1.165) is 11.1 Å². The van der Waals surface area contributed by atoms with E-state index in [4.69, 9.17) is 15.2 Å². The van der Waals surface area contributed by atoms with Crippen LogP contribution in [-0.4, -0.2) is 61.3 Å².